The minimum absolute atomic E-state index is 0.541. The molecule has 1 aliphatic rings. The van der Waals surface area contributed by atoms with Crippen LogP contribution in [0.1, 0.15) is 30.5 Å². The van der Waals surface area contributed by atoms with Crippen LogP contribution in [0, 0.1) is 6.92 Å². The van der Waals surface area contributed by atoms with Gasteiger partial charge in [0, 0.05) is 36.9 Å². The Hall–Kier alpha value is -1.97. The van der Waals surface area contributed by atoms with Gasteiger partial charge in [0.2, 0.25) is 5.95 Å². The first kappa shape index (κ1) is 13.0. The quantitative estimate of drug-likeness (QED) is 0.855. The van der Waals surface area contributed by atoms with E-state index in [2.05, 4.69) is 32.0 Å². The van der Waals surface area contributed by atoms with Gasteiger partial charge in [0.1, 0.15) is 0 Å². The van der Waals surface area contributed by atoms with E-state index >= 15 is 0 Å². The molecule has 3 rings (SSSR count). The molecule has 0 spiro atoms. The summed E-state index contributed by atoms with van der Waals surface area (Å²) in [5, 5.41) is 0. The van der Waals surface area contributed by atoms with Crippen LogP contribution in [0.25, 0.3) is 0 Å². The van der Waals surface area contributed by atoms with Crippen molar-refractivity contribution in [3.05, 3.63) is 48.0 Å². The molecule has 4 heteroatoms. The van der Waals surface area contributed by atoms with Gasteiger partial charge in [-0.1, -0.05) is 6.07 Å². The van der Waals surface area contributed by atoms with Crippen LogP contribution in [0.2, 0.25) is 0 Å². The summed E-state index contributed by atoms with van der Waals surface area (Å²) in [6, 6.07) is 6.66. The van der Waals surface area contributed by atoms with Gasteiger partial charge in [0.05, 0.1) is 0 Å². The summed E-state index contributed by atoms with van der Waals surface area (Å²) in [5.41, 5.74) is 2.28. The SMILES string of the molecule is Cc1cnc(N2CCC[C@H]2CCc2ccccn2)nc1. The smallest absolute Gasteiger partial charge is 0.225 e. The molecule has 20 heavy (non-hydrogen) atoms. The van der Waals surface area contributed by atoms with Gasteiger partial charge in [-0.05, 0) is 50.3 Å². The molecule has 0 bridgehead atoms. The second kappa shape index (κ2) is 5.99. The highest BCUT2D eigenvalue weighted by molar-refractivity contribution is 5.33. The lowest BCUT2D eigenvalue weighted by Gasteiger charge is -2.24. The molecule has 104 valence electrons. The van der Waals surface area contributed by atoms with Crippen LogP contribution in [0.15, 0.2) is 36.8 Å². The maximum Gasteiger partial charge on any atom is 0.225 e. The number of nitrogens with zero attached hydrogens (tertiary/aromatic N) is 4. The van der Waals surface area contributed by atoms with E-state index in [0.717, 1.165) is 30.9 Å². The molecule has 1 saturated heterocycles. The van der Waals surface area contributed by atoms with E-state index in [1.54, 1.807) is 0 Å². The molecule has 2 aromatic heterocycles. The van der Waals surface area contributed by atoms with Crippen molar-refractivity contribution in [2.45, 2.75) is 38.6 Å². The van der Waals surface area contributed by atoms with Crippen molar-refractivity contribution in [1.29, 1.82) is 0 Å². The lowest BCUT2D eigenvalue weighted by Crippen LogP contribution is -2.31. The van der Waals surface area contributed by atoms with Crippen molar-refractivity contribution in [2.24, 2.45) is 0 Å². The van der Waals surface area contributed by atoms with E-state index in [4.69, 9.17) is 0 Å². The average Bonchev–Trinajstić information content (AvgIpc) is 2.95. The highest BCUT2D eigenvalue weighted by Crippen LogP contribution is 2.25. The molecule has 0 radical (unpaired) electrons. The fourth-order valence-corrected chi connectivity index (χ4v) is 2.79. The Bertz CT molecular complexity index is 538. The van der Waals surface area contributed by atoms with Crippen molar-refractivity contribution in [3.8, 4) is 0 Å². The number of pyridine rings is 1. The second-order valence-electron chi connectivity index (χ2n) is 5.41. The minimum atomic E-state index is 0.541. The first-order valence-corrected chi connectivity index (χ1v) is 7.28. The molecule has 0 unspecified atom stereocenters. The Morgan fingerprint density at radius 1 is 1.20 bits per heavy atom. The van der Waals surface area contributed by atoms with Crippen molar-refractivity contribution in [1.82, 2.24) is 15.0 Å². The molecule has 1 atom stereocenters. The third-order valence-corrected chi connectivity index (χ3v) is 3.86. The number of anilines is 1. The number of aryl methyl sites for hydroxylation is 2. The molecule has 0 aromatic carbocycles. The summed E-state index contributed by atoms with van der Waals surface area (Å²) < 4.78 is 0. The van der Waals surface area contributed by atoms with Crippen molar-refractivity contribution < 1.29 is 0 Å². The fourth-order valence-electron chi connectivity index (χ4n) is 2.79. The van der Waals surface area contributed by atoms with E-state index in [-0.39, 0.29) is 0 Å². The normalized spacial score (nSPS) is 18.4. The first-order chi connectivity index (χ1) is 9.83. The molecule has 0 saturated carbocycles. The summed E-state index contributed by atoms with van der Waals surface area (Å²) in [4.78, 5) is 15.7. The summed E-state index contributed by atoms with van der Waals surface area (Å²) in [5.74, 6) is 0.874. The van der Waals surface area contributed by atoms with E-state index in [0.29, 0.717) is 6.04 Å². The van der Waals surface area contributed by atoms with E-state index in [1.807, 2.05) is 31.6 Å². The molecule has 1 aliphatic heterocycles. The van der Waals surface area contributed by atoms with Crippen LogP contribution in [-0.2, 0) is 6.42 Å². The number of rotatable bonds is 4. The standard InChI is InChI=1S/C16H20N4/c1-13-11-18-16(19-12-13)20-10-4-6-15(20)8-7-14-5-2-3-9-17-14/h2-3,5,9,11-12,15H,4,6-8,10H2,1H3/t15-/m0/s1. The number of aromatic nitrogens is 3. The fraction of sp³-hybridized carbons (Fsp3) is 0.438. The van der Waals surface area contributed by atoms with Crippen molar-refractivity contribution >= 4 is 5.95 Å². The number of hydrogen-bond acceptors (Lipinski definition) is 4. The van der Waals surface area contributed by atoms with Gasteiger partial charge in [-0.15, -0.1) is 0 Å². The van der Waals surface area contributed by atoms with Gasteiger partial charge in [0.25, 0.3) is 0 Å². The average molecular weight is 268 g/mol. The van der Waals surface area contributed by atoms with Crippen LogP contribution in [0.4, 0.5) is 5.95 Å². The predicted octanol–water partition coefficient (Wildman–Crippen LogP) is 2.78. The Labute approximate surface area is 119 Å². The molecule has 0 aliphatic carbocycles. The minimum Gasteiger partial charge on any atom is -0.338 e. The molecular formula is C16H20N4. The van der Waals surface area contributed by atoms with Gasteiger partial charge in [-0.2, -0.15) is 0 Å². The van der Waals surface area contributed by atoms with E-state index in [9.17, 15) is 0 Å². The zero-order valence-corrected chi connectivity index (χ0v) is 11.9. The Balaban J connectivity index is 1.65. The molecule has 1 fully saturated rings. The van der Waals surface area contributed by atoms with Gasteiger partial charge in [-0.25, -0.2) is 9.97 Å². The summed E-state index contributed by atoms with van der Waals surface area (Å²) in [7, 11) is 0. The zero-order chi connectivity index (χ0) is 13.8. The van der Waals surface area contributed by atoms with Crippen molar-refractivity contribution in [3.63, 3.8) is 0 Å². The van der Waals surface area contributed by atoms with Crippen LogP contribution >= 0.6 is 0 Å². The second-order valence-corrected chi connectivity index (χ2v) is 5.41. The Morgan fingerprint density at radius 3 is 2.80 bits per heavy atom. The summed E-state index contributed by atoms with van der Waals surface area (Å²) in [6.07, 6.45) is 10.3. The lowest BCUT2D eigenvalue weighted by atomic mass is 10.1. The maximum atomic E-state index is 4.46. The van der Waals surface area contributed by atoms with Gasteiger partial charge >= 0.3 is 0 Å². The van der Waals surface area contributed by atoms with Crippen molar-refractivity contribution in [2.75, 3.05) is 11.4 Å². The Morgan fingerprint density at radius 2 is 2.05 bits per heavy atom. The largest absolute Gasteiger partial charge is 0.338 e. The lowest BCUT2D eigenvalue weighted by molar-refractivity contribution is 0.596. The molecule has 0 N–H and O–H groups in total. The molecule has 2 aromatic rings. The highest BCUT2D eigenvalue weighted by atomic mass is 15.3. The van der Waals surface area contributed by atoms with Gasteiger partial charge in [-0.3, -0.25) is 4.98 Å². The van der Waals surface area contributed by atoms with E-state index < -0.39 is 0 Å². The topological polar surface area (TPSA) is 41.9 Å². The van der Waals surface area contributed by atoms with Gasteiger partial charge < -0.3 is 4.90 Å². The highest BCUT2D eigenvalue weighted by Gasteiger charge is 2.26. The molecule has 4 nitrogen and oxygen atoms in total. The molecule has 3 heterocycles. The van der Waals surface area contributed by atoms with Crippen LogP contribution in [-0.4, -0.2) is 27.5 Å². The van der Waals surface area contributed by atoms with E-state index in [1.165, 1.54) is 18.5 Å². The molecule has 0 amide bonds. The third-order valence-electron chi connectivity index (χ3n) is 3.86. The summed E-state index contributed by atoms with van der Waals surface area (Å²) in [6.45, 7) is 3.09. The van der Waals surface area contributed by atoms with Crippen LogP contribution < -0.4 is 4.90 Å². The summed E-state index contributed by atoms with van der Waals surface area (Å²) >= 11 is 0. The van der Waals surface area contributed by atoms with Crippen LogP contribution in [0.3, 0.4) is 0 Å². The van der Waals surface area contributed by atoms with Crippen LogP contribution in [0.5, 0.6) is 0 Å². The number of hydrogen-bond donors (Lipinski definition) is 0. The maximum absolute atomic E-state index is 4.46. The first-order valence-electron chi connectivity index (χ1n) is 7.28. The third kappa shape index (κ3) is 2.95. The molecular weight excluding hydrogens is 248 g/mol. The monoisotopic (exact) mass is 268 g/mol. The zero-order valence-electron chi connectivity index (χ0n) is 11.9. The van der Waals surface area contributed by atoms with Gasteiger partial charge in [0.15, 0.2) is 0 Å². The predicted molar refractivity (Wildman–Crippen MR) is 79.7 cm³/mol. The Kier molecular flexibility index (Phi) is 3.90.